The average Bonchev–Trinajstić information content (AvgIpc) is 2.46. The van der Waals surface area contributed by atoms with Gasteiger partial charge in [0, 0.05) is 6.54 Å². The van der Waals surface area contributed by atoms with Crippen molar-refractivity contribution in [1.82, 2.24) is 5.32 Å². The number of ether oxygens (including phenoxy) is 3. The fourth-order valence-corrected chi connectivity index (χ4v) is 1.69. The van der Waals surface area contributed by atoms with E-state index in [1.54, 1.807) is 27.0 Å². The normalized spacial score (nSPS) is 11.8. The van der Waals surface area contributed by atoms with Crippen LogP contribution in [0.4, 0.5) is 0 Å². The van der Waals surface area contributed by atoms with E-state index < -0.39 is 6.10 Å². The van der Waals surface area contributed by atoms with Gasteiger partial charge in [-0.3, -0.25) is 0 Å². The number of hydrogen-bond donors (Lipinski definition) is 1. The molecule has 0 aliphatic rings. The van der Waals surface area contributed by atoms with Crippen molar-refractivity contribution >= 4 is 5.97 Å². The lowest BCUT2D eigenvalue weighted by atomic mass is 10.2. The molecule has 0 fully saturated rings. The maximum Gasteiger partial charge on any atom is 0.347 e. The quantitative estimate of drug-likeness (QED) is 0.740. The Morgan fingerprint density at radius 2 is 2.05 bits per heavy atom. The molecule has 0 spiro atoms. The second kappa shape index (κ2) is 8.43. The van der Waals surface area contributed by atoms with E-state index >= 15 is 0 Å². The van der Waals surface area contributed by atoms with Gasteiger partial charge in [0.25, 0.3) is 0 Å². The second-order valence-corrected chi connectivity index (χ2v) is 4.28. The van der Waals surface area contributed by atoms with Crippen LogP contribution in [0.3, 0.4) is 0 Å². The van der Waals surface area contributed by atoms with Crippen LogP contribution in [0.5, 0.6) is 11.5 Å². The van der Waals surface area contributed by atoms with E-state index in [9.17, 15) is 4.79 Å². The number of hydrogen-bond acceptors (Lipinski definition) is 5. The van der Waals surface area contributed by atoms with E-state index in [2.05, 4.69) is 12.2 Å². The van der Waals surface area contributed by atoms with Crippen LogP contribution in [0, 0.1) is 0 Å². The molecular formula is C15H23NO4. The third-order valence-electron chi connectivity index (χ3n) is 2.73. The summed E-state index contributed by atoms with van der Waals surface area (Å²) in [5, 5.41) is 3.24. The monoisotopic (exact) mass is 281 g/mol. The van der Waals surface area contributed by atoms with Crippen LogP contribution < -0.4 is 14.8 Å². The molecule has 0 amide bonds. The Morgan fingerprint density at radius 1 is 1.30 bits per heavy atom. The van der Waals surface area contributed by atoms with Crippen molar-refractivity contribution in [2.45, 2.75) is 33.4 Å². The first kappa shape index (κ1) is 16.3. The van der Waals surface area contributed by atoms with Crippen LogP contribution in [0.2, 0.25) is 0 Å². The van der Waals surface area contributed by atoms with E-state index in [-0.39, 0.29) is 5.97 Å². The summed E-state index contributed by atoms with van der Waals surface area (Å²) in [4.78, 5) is 11.6. The van der Waals surface area contributed by atoms with Gasteiger partial charge in [0.1, 0.15) is 0 Å². The van der Waals surface area contributed by atoms with Gasteiger partial charge in [0.15, 0.2) is 17.6 Å². The minimum atomic E-state index is -0.663. The fraction of sp³-hybridized carbons (Fsp3) is 0.533. The predicted molar refractivity (Wildman–Crippen MR) is 77.1 cm³/mol. The molecule has 0 bridgehead atoms. The fourth-order valence-electron chi connectivity index (χ4n) is 1.69. The molecular weight excluding hydrogens is 258 g/mol. The smallest absolute Gasteiger partial charge is 0.347 e. The zero-order valence-corrected chi connectivity index (χ0v) is 12.6. The number of nitrogens with one attached hydrogen (secondary N) is 1. The highest BCUT2D eigenvalue weighted by molar-refractivity contribution is 5.74. The minimum absolute atomic E-state index is 0.339. The van der Waals surface area contributed by atoms with E-state index in [1.807, 2.05) is 12.1 Å². The maximum atomic E-state index is 11.6. The Kier molecular flexibility index (Phi) is 6.87. The van der Waals surface area contributed by atoms with E-state index in [1.165, 1.54) is 0 Å². The SMILES string of the molecule is CCNCc1ccc(OC(C)C(=O)OCC)c(OC)c1. The molecule has 5 heteroatoms. The number of rotatable bonds is 8. The number of carbonyl (C=O) groups excluding carboxylic acids is 1. The van der Waals surface area contributed by atoms with Crippen LogP contribution in [0.1, 0.15) is 26.3 Å². The summed E-state index contributed by atoms with van der Waals surface area (Å²) in [7, 11) is 1.58. The molecule has 0 aliphatic carbocycles. The van der Waals surface area contributed by atoms with Gasteiger partial charge in [-0.25, -0.2) is 4.79 Å². The van der Waals surface area contributed by atoms with Crippen LogP contribution >= 0.6 is 0 Å². The summed E-state index contributed by atoms with van der Waals surface area (Å²) in [5.41, 5.74) is 1.10. The molecule has 112 valence electrons. The molecule has 0 aliphatic heterocycles. The first-order valence-electron chi connectivity index (χ1n) is 6.83. The summed E-state index contributed by atoms with van der Waals surface area (Å²) in [6.07, 6.45) is -0.663. The largest absolute Gasteiger partial charge is 0.493 e. The van der Waals surface area contributed by atoms with E-state index in [0.29, 0.717) is 18.1 Å². The number of benzene rings is 1. The van der Waals surface area contributed by atoms with Crippen molar-refractivity contribution in [3.05, 3.63) is 23.8 Å². The lowest BCUT2D eigenvalue weighted by molar-refractivity contribution is -0.150. The molecule has 5 nitrogen and oxygen atoms in total. The summed E-state index contributed by atoms with van der Waals surface area (Å²) < 4.78 is 15.8. The van der Waals surface area contributed by atoms with Crippen molar-refractivity contribution in [3.8, 4) is 11.5 Å². The van der Waals surface area contributed by atoms with Crippen molar-refractivity contribution in [1.29, 1.82) is 0 Å². The first-order valence-corrected chi connectivity index (χ1v) is 6.83. The lowest BCUT2D eigenvalue weighted by Gasteiger charge is -2.16. The standard InChI is InChI=1S/C15H23NO4/c1-5-16-10-12-7-8-13(14(9-12)18-4)20-11(3)15(17)19-6-2/h7-9,11,16H,5-6,10H2,1-4H3. The lowest BCUT2D eigenvalue weighted by Crippen LogP contribution is -2.26. The highest BCUT2D eigenvalue weighted by atomic mass is 16.6. The molecule has 1 unspecified atom stereocenters. The topological polar surface area (TPSA) is 56.8 Å². The van der Waals surface area contributed by atoms with Crippen molar-refractivity contribution in [3.63, 3.8) is 0 Å². The van der Waals surface area contributed by atoms with Gasteiger partial charge in [0.05, 0.1) is 13.7 Å². The van der Waals surface area contributed by atoms with Crippen molar-refractivity contribution in [2.75, 3.05) is 20.3 Å². The highest BCUT2D eigenvalue weighted by Gasteiger charge is 2.17. The summed E-state index contributed by atoms with van der Waals surface area (Å²) in [6.45, 7) is 7.48. The zero-order valence-electron chi connectivity index (χ0n) is 12.6. The van der Waals surface area contributed by atoms with Crippen molar-refractivity contribution < 1.29 is 19.0 Å². The molecule has 0 heterocycles. The van der Waals surface area contributed by atoms with Gasteiger partial charge < -0.3 is 19.5 Å². The van der Waals surface area contributed by atoms with Crippen molar-refractivity contribution in [2.24, 2.45) is 0 Å². The van der Waals surface area contributed by atoms with Gasteiger partial charge in [-0.2, -0.15) is 0 Å². The Morgan fingerprint density at radius 3 is 2.65 bits per heavy atom. The Bertz CT molecular complexity index is 434. The number of methoxy groups -OCH3 is 1. The molecule has 1 aromatic rings. The molecule has 0 aromatic heterocycles. The van der Waals surface area contributed by atoms with Crippen LogP contribution in [0.25, 0.3) is 0 Å². The summed E-state index contributed by atoms with van der Waals surface area (Å²) in [6, 6.07) is 5.65. The second-order valence-electron chi connectivity index (χ2n) is 4.28. The Balaban J connectivity index is 2.76. The summed E-state index contributed by atoms with van der Waals surface area (Å²) in [5.74, 6) is 0.760. The van der Waals surface area contributed by atoms with E-state index in [4.69, 9.17) is 14.2 Å². The van der Waals surface area contributed by atoms with Crippen LogP contribution in [0.15, 0.2) is 18.2 Å². The summed E-state index contributed by atoms with van der Waals surface area (Å²) >= 11 is 0. The molecule has 1 aromatic carbocycles. The third-order valence-corrected chi connectivity index (χ3v) is 2.73. The molecule has 1 rings (SSSR count). The van der Waals surface area contributed by atoms with Gasteiger partial charge in [0.2, 0.25) is 0 Å². The van der Waals surface area contributed by atoms with Crippen LogP contribution in [-0.4, -0.2) is 32.3 Å². The van der Waals surface area contributed by atoms with Gasteiger partial charge in [-0.05, 0) is 38.1 Å². The Labute approximate surface area is 120 Å². The minimum Gasteiger partial charge on any atom is -0.493 e. The highest BCUT2D eigenvalue weighted by Crippen LogP contribution is 2.29. The zero-order chi connectivity index (χ0) is 15.0. The molecule has 1 N–H and O–H groups in total. The number of esters is 1. The first-order chi connectivity index (χ1) is 9.62. The van der Waals surface area contributed by atoms with Gasteiger partial charge in [-0.15, -0.1) is 0 Å². The van der Waals surface area contributed by atoms with Gasteiger partial charge >= 0.3 is 5.97 Å². The molecule has 20 heavy (non-hydrogen) atoms. The van der Waals surface area contributed by atoms with Crippen LogP contribution in [-0.2, 0) is 16.1 Å². The molecule has 0 saturated heterocycles. The third kappa shape index (κ3) is 4.74. The molecule has 0 saturated carbocycles. The van der Waals surface area contributed by atoms with Gasteiger partial charge in [-0.1, -0.05) is 13.0 Å². The molecule has 1 atom stereocenters. The maximum absolute atomic E-state index is 11.6. The molecule has 0 radical (unpaired) electrons. The number of carbonyl (C=O) groups is 1. The van der Waals surface area contributed by atoms with E-state index in [0.717, 1.165) is 18.7 Å². The average molecular weight is 281 g/mol. The predicted octanol–water partition coefficient (Wildman–Crippen LogP) is 2.14. The Hall–Kier alpha value is -1.75.